The lowest BCUT2D eigenvalue weighted by molar-refractivity contribution is -0.122. The number of benzene rings is 2. The molecular formula is C19H18Cl2N2O2. The molecule has 1 saturated heterocycles. The standard InChI is InChI=1S/C19H18Cl2N2O2/c1-23-17(11-22-19(23)25)18(24)10-16(12-2-6-14(20)7-3-12)13-4-8-15(21)9-5-13/h2-9,16-17H,10-11H2,1H3,(H,22,25). The molecule has 1 fully saturated rings. The summed E-state index contributed by atoms with van der Waals surface area (Å²) in [6, 6.07) is 14.3. The van der Waals surface area contributed by atoms with E-state index in [9.17, 15) is 9.59 Å². The van der Waals surface area contributed by atoms with Gasteiger partial charge in [0.2, 0.25) is 0 Å². The number of urea groups is 1. The normalized spacial score (nSPS) is 17.0. The Morgan fingerprint density at radius 2 is 1.56 bits per heavy atom. The van der Waals surface area contributed by atoms with Crippen LogP contribution in [-0.2, 0) is 4.79 Å². The quantitative estimate of drug-likeness (QED) is 0.853. The zero-order valence-electron chi connectivity index (χ0n) is 13.7. The summed E-state index contributed by atoms with van der Waals surface area (Å²) in [6.45, 7) is 0.349. The number of rotatable bonds is 5. The van der Waals surface area contributed by atoms with Crippen molar-refractivity contribution in [3.8, 4) is 0 Å². The molecule has 1 aliphatic heterocycles. The lowest BCUT2D eigenvalue weighted by atomic mass is 9.86. The van der Waals surface area contributed by atoms with E-state index >= 15 is 0 Å². The number of Topliss-reactive ketones (excluding diaryl/α,β-unsaturated/α-hetero) is 1. The van der Waals surface area contributed by atoms with Gasteiger partial charge < -0.3 is 10.2 Å². The van der Waals surface area contributed by atoms with Crippen molar-refractivity contribution in [1.29, 1.82) is 0 Å². The molecule has 2 aromatic carbocycles. The van der Waals surface area contributed by atoms with Gasteiger partial charge in [-0.1, -0.05) is 47.5 Å². The Kier molecular flexibility index (Phi) is 5.30. The number of likely N-dealkylation sites (N-methyl/N-ethyl adjacent to an activating group) is 1. The Morgan fingerprint density at radius 3 is 1.96 bits per heavy atom. The minimum absolute atomic E-state index is 0.0238. The maximum absolute atomic E-state index is 12.8. The second-order valence-corrected chi connectivity index (χ2v) is 7.01. The van der Waals surface area contributed by atoms with Crippen LogP contribution in [0.15, 0.2) is 48.5 Å². The summed E-state index contributed by atoms with van der Waals surface area (Å²) in [4.78, 5) is 25.9. The lowest BCUT2D eigenvalue weighted by Crippen LogP contribution is -2.37. The van der Waals surface area contributed by atoms with Crippen LogP contribution in [0.3, 0.4) is 0 Å². The van der Waals surface area contributed by atoms with Gasteiger partial charge in [0.1, 0.15) is 6.04 Å². The zero-order chi connectivity index (χ0) is 18.0. The second kappa shape index (κ2) is 7.46. The number of amides is 2. The summed E-state index contributed by atoms with van der Waals surface area (Å²) in [5.41, 5.74) is 2.00. The molecule has 3 rings (SSSR count). The van der Waals surface area contributed by atoms with Crippen molar-refractivity contribution in [3.63, 3.8) is 0 Å². The molecule has 1 atom stereocenters. The van der Waals surface area contributed by atoms with E-state index in [1.807, 2.05) is 48.5 Å². The highest BCUT2D eigenvalue weighted by Gasteiger charge is 2.34. The third kappa shape index (κ3) is 3.97. The van der Waals surface area contributed by atoms with Crippen molar-refractivity contribution in [3.05, 3.63) is 69.7 Å². The van der Waals surface area contributed by atoms with E-state index in [0.717, 1.165) is 11.1 Å². The van der Waals surface area contributed by atoms with E-state index in [4.69, 9.17) is 23.2 Å². The molecule has 0 spiro atoms. The Morgan fingerprint density at radius 1 is 1.08 bits per heavy atom. The highest BCUT2D eigenvalue weighted by atomic mass is 35.5. The van der Waals surface area contributed by atoms with Crippen molar-refractivity contribution in [2.75, 3.05) is 13.6 Å². The average molecular weight is 377 g/mol. The van der Waals surface area contributed by atoms with Crippen molar-refractivity contribution in [1.82, 2.24) is 10.2 Å². The molecule has 1 unspecified atom stereocenters. The van der Waals surface area contributed by atoms with E-state index in [1.165, 1.54) is 4.90 Å². The van der Waals surface area contributed by atoms with Gasteiger partial charge in [0.15, 0.2) is 5.78 Å². The van der Waals surface area contributed by atoms with Crippen molar-refractivity contribution < 1.29 is 9.59 Å². The smallest absolute Gasteiger partial charge is 0.317 e. The van der Waals surface area contributed by atoms with Gasteiger partial charge in [0, 0.05) is 36.0 Å². The van der Waals surface area contributed by atoms with Crippen LogP contribution in [0.2, 0.25) is 10.0 Å². The first-order valence-corrected chi connectivity index (χ1v) is 8.75. The third-order valence-corrected chi connectivity index (χ3v) is 5.06. The number of ketones is 1. The summed E-state index contributed by atoms with van der Waals surface area (Å²) in [5, 5.41) is 4.00. The molecule has 0 aromatic heterocycles. The minimum atomic E-state index is -0.436. The molecule has 0 aliphatic carbocycles. The van der Waals surface area contributed by atoms with Crippen molar-refractivity contribution in [2.45, 2.75) is 18.4 Å². The maximum atomic E-state index is 12.8. The van der Waals surface area contributed by atoms with Crippen LogP contribution in [0, 0.1) is 0 Å². The molecule has 2 amide bonds. The lowest BCUT2D eigenvalue weighted by Gasteiger charge is -2.22. The average Bonchev–Trinajstić information content (AvgIpc) is 2.94. The molecule has 130 valence electrons. The maximum Gasteiger partial charge on any atom is 0.317 e. The van der Waals surface area contributed by atoms with Crippen LogP contribution in [-0.4, -0.2) is 36.3 Å². The molecule has 25 heavy (non-hydrogen) atoms. The molecule has 6 heteroatoms. The first kappa shape index (κ1) is 17.8. The summed E-state index contributed by atoms with van der Waals surface area (Å²) in [6.07, 6.45) is 0.299. The highest BCUT2D eigenvalue weighted by Crippen LogP contribution is 2.31. The Balaban J connectivity index is 1.88. The molecule has 1 aliphatic rings. The van der Waals surface area contributed by atoms with Gasteiger partial charge in [0.25, 0.3) is 0 Å². The topological polar surface area (TPSA) is 49.4 Å². The van der Waals surface area contributed by atoms with Crippen LogP contribution < -0.4 is 5.32 Å². The minimum Gasteiger partial charge on any atom is -0.335 e. The van der Waals surface area contributed by atoms with Gasteiger partial charge in [0.05, 0.1) is 0 Å². The summed E-state index contributed by atoms with van der Waals surface area (Å²) >= 11 is 12.0. The molecule has 1 heterocycles. The Bertz CT molecular complexity index is 730. The molecular weight excluding hydrogens is 359 g/mol. The van der Waals surface area contributed by atoms with Crippen LogP contribution in [0.25, 0.3) is 0 Å². The first-order valence-electron chi connectivity index (χ1n) is 8.00. The van der Waals surface area contributed by atoms with Gasteiger partial charge >= 0.3 is 6.03 Å². The van der Waals surface area contributed by atoms with Crippen LogP contribution in [0.5, 0.6) is 0 Å². The van der Waals surface area contributed by atoms with Gasteiger partial charge in [-0.15, -0.1) is 0 Å². The fourth-order valence-electron chi connectivity index (χ4n) is 3.07. The van der Waals surface area contributed by atoms with E-state index in [2.05, 4.69) is 5.32 Å². The van der Waals surface area contributed by atoms with Crippen LogP contribution >= 0.6 is 23.2 Å². The van der Waals surface area contributed by atoms with Crippen molar-refractivity contribution >= 4 is 35.0 Å². The van der Waals surface area contributed by atoms with E-state index in [1.54, 1.807) is 7.05 Å². The SMILES string of the molecule is CN1C(=O)NCC1C(=O)CC(c1ccc(Cl)cc1)c1ccc(Cl)cc1. The Labute approximate surface area is 156 Å². The van der Waals surface area contributed by atoms with Gasteiger partial charge in [-0.25, -0.2) is 4.79 Å². The van der Waals surface area contributed by atoms with Gasteiger partial charge in [-0.3, -0.25) is 4.79 Å². The second-order valence-electron chi connectivity index (χ2n) is 6.14. The highest BCUT2D eigenvalue weighted by molar-refractivity contribution is 6.30. The fraction of sp³-hybridized carbons (Fsp3) is 0.263. The predicted molar refractivity (Wildman–Crippen MR) is 99.3 cm³/mol. The monoisotopic (exact) mass is 376 g/mol. The van der Waals surface area contributed by atoms with Gasteiger partial charge in [-0.2, -0.15) is 0 Å². The van der Waals surface area contributed by atoms with Gasteiger partial charge in [-0.05, 0) is 35.4 Å². The summed E-state index contributed by atoms with van der Waals surface area (Å²) < 4.78 is 0. The van der Waals surface area contributed by atoms with E-state index < -0.39 is 6.04 Å². The fourth-order valence-corrected chi connectivity index (χ4v) is 3.32. The summed E-state index contributed by atoms with van der Waals surface area (Å²) in [7, 11) is 1.64. The van der Waals surface area contributed by atoms with E-state index in [-0.39, 0.29) is 17.7 Å². The summed E-state index contributed by atoms with van der Waals surface area (Å²) in [5.74, 6) is -0.0955. The number of nitrogens with one attached hydrogen (secondary N) is 1. The molecule has 0 radical (unpaired) electrons. The number of nitrogens with zero attached hydrogens (tertiary/aromatic N) is 1. The molecule has 0 saturated carbocycles. The molecule has 0 bridgehead atoms. The largest absolute Gasteiger partial charge is 0.335 e. The van der Waals surface area contributed by atoms with Crippen molar-refractivity contribution in [2.24, 2.45) is 0 Å². The first-order chi connectivity index (χ1) is 12.0. The zero-order valence-corrected chi connectivity index (χ0v) is 15.2. The van der Waals surface area contributed by atoms with E-state index in [0.29, 0.717) is 23.0 Å². The number of halogens is 2. The van der Waals surface area contributed by atoms with Crippen LogP contribution in [0.1, 0.15) is 23.5 Å². The number of hydrogen-bond donors (Lipinski definition) is 1. The van der Waals surface area contributed by atoms with Crippen LogP contribution in [0.4, 0.5) is 4.79 Å². The molecule has 1 N–H and O–H groups in total. The Hall–Kier alpha value is -2.04. The number of carbonyl (C=O) groups is 2. The number of carbonyl (C=O) groups excluding carboxylic acids is 2. The predicted octanol–water partition coefficient (Wildman–Crippen LogP) is 4.11. The molecule has 4 nitrogen and oxygen atoms in total. The molecule has 2 aromatic rings. The third-order valence-electron chi connectivity index (χ3n) is 4.56. The number of hydrogen-bond acceptors (Lipinski definition) is 2.